The number of benzene rings is 1. The highest BCUT2D eigenvalue weighted by Crippen LogP contribution is 1.77. The number of hydrogen-bond donors (Lipinski definition) is 2. The van der Waals surface area contributed by atoms with Crippen LogP contribution < -0.4 is 21.4 Å². The second kappa shape index (κ2) is 2.38. The van der Waals surface area contributed by atoms with Crippen molar-refractivity contribution < 1.29 is 5.12 Å². The van der Waals surface area contributed by atoms with Crippen LogP contribution in [0.3, 0.4) is 0 Å². The minimum atomic E-state index is 0.573. The molecule has 3 heteroatoms. The number of quaternary nitrogens is 1. The first-order valence-corrected chi connectivity index (χ1v) is 3.46. The number of hydrogen-bond acceptors (Lipinski definition) is 1. The Balaban J connectivity index is 2.73. The van der Waals surface area contributed by atoms with E-state index in [1.54, 1.807) is 6.20 Å². The first-order valence-electron chi connectivity index (χ1n) is 3.46. The zero-order valence-corrected chi connectivity index (χ0v) is 5.99. The molecule has 0 spiro atoms. The Hall–Kier alpha value is -1.32. The van der Waals surface area contributed by atoms with E-state index >= 15 is 0 Å². The number of rotatable bonds is 0. The standard InChI is InChI=1S/C8H9N3/c9-11-6-8-4-2-1-3-7(8)5-10-11/h1-6,11H,9H2. The summed E-state index contributed by atoms with van der Waals surface area (Å²) in [5, 5.41) is 2.84. The fourth-order valence-corrected chi connectivity index (χ4v) is 1.10. The molecule has 3 nitrogen and oxygen atoms in total. The van der Waals surface area contributed by atoms with Crippen molar-refractivity contribution in [2.24, 2.45) is 5.84 Å². The van der Waals surface area contributed by atoms with Crippen molar-refractivity contribution >= 4 is 12.4 Å². The van der Waals surface area contributed by atoms with E-state index in [2.05, 4.69) is 5.43 Å². The smallest absolute Gasteiger partial charge is 0.116 e. The van der Waals surface area contributed by atoms with Crippen LogP contribution in [0, 0.1) is 0 Å². The lowest BCUT2D eigenvalue weighted by atomic mass is 10.2. The van der Waals surface area contributed by atoms with Crippen LogP contribution in [0.4, 0.5) is 0 Å². The zero-order chi connectivity index (χ0) is 7.68. The molecule has 1 aliphatic heterocycles. The molecule has 1 aromatic rings. The van der Waals surface area contributed by atoms with E-state index in [0.29, 0.717) is 5.12 Å². The molecule has 56 valence electrons. The van der Waals surface area contributed by atoms with Crippen LogP contribution in [0.2, 0.25) is 0 Å². The Labute approximate surface area is 64.4 Å². The molecule has 0 aromatic heterocycles. The summed E-state index contributed by atoms with van der Waals surface area (Å²) in [6.45, 7) is 0. The van der Waals surface area contributed by atoms with Gasteiger partial charge in [-0.15, -0.1) is 6.20 Å². The Morgan fingerprint density at radius 2 is 1.91 bits per heavy atom. The molecular weight excluding hydrogens is 138 g/mol. The molecule has 3 N–H and O–H groups in total. The molecule has 0 bridgehead atoms. The van der Waals surface area contributed by atoms with Crippen molar-refractivity contribution in [1.29, 1.82) is 0 Å². The second-order valence-corrected chi connectivity index (χ2v) is 2.46. The minimum Gasteiger partial charge on any atom is -0.470 e. The first-order chi connectivity index (χ1) is 5.36. The van der Waals surface area contributed by atoms with E-state index in [0.717, 1.165) is 10.4 Å². The number of nitrogens with one attached hydrogen (secondary N) is 1. The van der Waals surface area contributed by atoms with E-state index in [9.17, 15) is 0 Å². The van der Waals surface area contributed by atoms with Gasteiger partial charge in [0.2, 0.25) is 0 Å². The van der Waals surface area contributed by atoms with Crippen LogP contribution in [0.5, 0.6) is 0 Å². The van der Waals surface area contributed by atoms with E-state index in [-0.39, 0.29) is 0 Å². The number of nitrogens with zero attached hydrogens (tertiary/aromatic N) is 1. The fraction of sp³-hybridized carbons (Fsp3) is 0. The second-order valence-electron chi connectivity index (χ2n) is 2.46. The molecule has 1 unspecified atom stereocenters. The lowest BCUT2D eigenvalue weighted by molar-refractivity contribution is -0.784. The topological polar surface area (TPSA) is 44.6 Å². The van der Waals surface area contributed by atoms with Crippen LogP contribution in [0.1, 0.15) is 0 Å². The summed E-state index contributed by atoms with van der Waals surface area (Å²) in [4.78, 5) is 0. The van der Waals surface area contributed by atoms with E-state index in [4.69, 9.17) is 5.84 Å². The third kappa shape index (κ3) is 1.11. The maximum atomic E-state index is 5.51. The quantitative estimate of drug-likeness (QED) is 0.419. The van der Waals surface area contributed by atoms with Crippen molar-refractivity contribution in [3.8, 4) is 0 Å². The van der Waals surface area contributed by atoms with Gasteiger partial charge in [0.25, 0.3) is 0 Å². The van der Waals surface area contributed by atoms with Gasteiger partial charge in [-0.2, -0.15) is 5.84 Å². The molecule has 1 heterocycles. The zero-order valence-electron chi connectivity index (χ0n) is 5.99. The summed E-state index contributed by atoms with van der Waals surface area (Å²) in [5.41, 5.74) is 3.99. The summed E-state index contributed by atoms with van der Waals surface area (Å²) >= 11 is 0. The molecule has 1 aliphatic rings. The predicted molar refractivity (Wildman–Crippen MR) is 43.1 cm³/mol. The van der Waals surface area contributed by atoms with Crippen LogP contribution >= 0.6 is 0 Å². The predicted octanol–water partition coefficient (Wildman–Crippen LogP) is -1.78. The lowest BCUT2D eigenvalue weighted by Crippen LogP contribution is -3.09. The third-order valence-electron chi connectivity index (χ3n) is 1.65. The highest BCUT2D eigenvalue weighted by molar-refractivity contribution is 5.37. The normalized spacial score (nSPS) is 20.6. The Bertz CT molecular complexity index is 369. The Kier molecular flexibility index (Phi) is 1.38. The molecule has 2 rings (SSSR count). The van der Waals surface area contributed by atoms with Gasteiger partial charge in [-0.25, -0.2) is 0 Å². The van der Waals surface area contributed by atoms with Crippen molar-refractivity contribution in [3.63, 3.8) is 0 Å². The summed E-state index contributed by atoms with van der Waals surface area (Å²) in [7, 11) is 0. The van der Waals surface area contributed by atoms with Crippen LogP contribution in [-0.4, -0.2) is 0 Å². The monoisotopic (exact) mass is 147 g/mol. The summed E-state index contributed by atoms with van der Waals surface area (Å²) in [6, 6.07) is 8.01. The van der Waals surface area contributed by atoms with Crippen LogP contribution in [-0.2, 0) is 0 Å². The van der Waals surface area contributed by atoms with Gasteiger partial charge in [0.15, 0.2) is 0 Å². The van der Waals surface area contributed by atoms with Crippen LogP contribution in [0.25, 0.3) is 17.8 Å². The third-order valence-corrected chi connectivity index (χ3v) is 1.65. The summed E-state index contributed by atoms with van der Waals surface area (Å²) < 4.78 is 0. The molecule has 0 radical (unpaired) electrons. The Morgan fingerprint density at radius 3 is 2.73 bits per heavy atom. The van der Waals surface area contributed by atoms with Gasteiger partial charge in [-0.3, -0.25) is 5.12 Å². The first kappa shape index (κ1) is 6.39. The van der Waals surface area contributed by atoms with Crippen molar-refractivity contribution in [2.75, 3.05) is 0 Å². The van der Waals surface area contributed by atoms with Gasteiger partial charge in [0, 0.05) is 5.22 Å². The lowest BCUT2D eigenvalue weighted by Gasteiger charge is -2.21. The fourth-order valence-electron chi connectivity index (χ4n) is 1.10. The average Bonchev–Trinajstić information content (AvgIpc) is 2.04. The van der Waals surface area contributed by atoms with E-state index in [1.165, 1.54) is 0 Å². The molecule has 0 saturated carbocycles. The minimum absolute atomic E-state index is 0.573. The van der Waals surface area contributed by atoms with E-state index < -0.39 is 0 Å². The van der Waals surface area contributed by atoms with Gasteiger partial charge in [0.1, 0.15) is 6.20 Å². The molecule has 1 aromatic carbocycles. The largest absolute Gasteiger partial charge is 0.470 e. The van der Waals surface area contributed by atoms with Crippen molar-refractivity contribution in [1.82, 2.24) is 0 Å². The van der Waals surface area contributed by atoms with Crippen molar-refractivity contribution in [2.45, 2.75) is 0 Å². The maximum Gasteiger partial charge on any atom is 0.116 e. The molecule has 0 fully saturated rings. The Morgan fingerprint density at radius 1 is 1.18 bits per heavy atom. The van der Waals surface area contributed by atoms with Gasteiger partial charge >= 0.3 is 0 Å². The average molecular weight is 147 g/mol. The molecule has 0 aliphatic carbocycles. The van der Waals surface area contributed by atoms with Crippen LogP contribution in [0.15, 0.2) is 24.3 Å². The number of nitrogens with two attached hydrogens (primary N) is 1. The number of fused-ring (bicyclic) bond motifs is 1. The van der Waals surface area contributed by atoms with Gasteiger partial charge < -0.3 is 5.43 Å². The SMILES string of the molecule is N[NH+]1C=c2ccccc2=C[N-]1. The van der Waals surface area contributed by atoms with E-state index in [1.807, 2.05) is 30.5 Å². The molecule has 1 atom stereocenters. The maximum absolute atomic E-state index is 5.51. The molecule has 11 heavy (non-hydrogen) atoms. The highest BCUT2D eigenvalue weighted by Gasteiger charge is 1.90. The summed E-state index contributed by atoms with van der Waals surface area (Å²) in [6.07, 6.45) is 3.65. The van der Waals surface area contributed by atoms with Gasteiger partial charge in [-0.1, -0.05) is 18.2 Å². The van der Waals surface area contributed by atoms with Gasteiger partial charge in [-0.05, 0) is 11.3 Å². The highest BCUT2D eigenvalue weighted by atomic mass is 15.6. The molecule has 0 saturated heterocycles. The molecular formula is C8H9N3. The molecule has 0 amide bonds. The van der Waals surface area contributed by atoms with Crippen molar-refractivity contribution in [3.05, 3.63) is 40.1 Å². The summed E-state index contributed by atoms with van der Waals surface area (Å²) in [5.74, 6) is 5.51. The van der Waals surface area contributed by atoms with Gasteiger partial charge in [0.05, 0.1) is 0 Å².